The minimum atomic E-state index is -0.165. The van der Waals surface area contributed by atoms with E-state index in [1.165, 1.54) is 78.0 Å². The minimum Gasteiger partial charge on any atom is -0.310 e. The first-order valence-corrected chi connectivity index (χ1v) is 19.7. The average Bonchev–Trinajstić information content (AvgIpc) is 3.46. The largest absolute Gasteiger partial charge is 0.310 e. The molecule has 0 N–H and O–H groups in total. The molecule has 0 amide bonds. The van der Waals surface area contributed by atoms with Crippen LogP contribution >= 0.6 is 0 Å². The molecule has 0 saturated heterocycles. The molecule has 0 aromatic heterocycles. The predicted molar refractivity (Wildman–Crippen MR) is 238 cm³/mol. The van der Waals surface area contributed by atoms with E-state index in [4.69, 9.17) is 0 Å². The van der Waals surface area contributed by atoms with Crippen molar-refractivity contribution >= 4 is 57.0 Å². The molecule has 0 atom stereocenters. The molecule has 0 bridgehead atoms. The summed E-state index contributed by atoms with van der Waals surface area (Å²) in [7, 11) is 0. The molecule has 1 heterocycles. The van der Waals surface area contributed by atoms with Crippen molar-refractivity contribution in [3.05, 3.63) is 215 Å². The number of hydrogen-bond donors (Lipinski definition) is 0. The molecular formula is C54H44N2. The van der Waals surface area contributed by atoms with Crippen LogP contribution < -0.4 is 9.80 Å². The summed E-state index contributed by atoms with van der Waals surface area (Å²) in [5.74, 6) is 0. The van der Waals surface area contributed by atoms with Gasteiger partial charge in [0, 0.05) is 33.6 Å². The number of benzene rings is 8. The molecule has 270 valence electrons. The smallest absolute Gasteiger partial charge is 0.0503 e. The van der Waals surface area contributed by atoms with E-state index in [-0.39, 0.29) is 10.8 Å². The zero-order chi connectivity index (χ0) is 38.0. The second-order valence-corrected chi connectivity index (χ2v) is 16.3. The topological polar surface area (TPSA) is 6.48 Å². The van der Waals surface area contributed by atoms with Crippen LogP contribution in [0.15, 0.2) is 182 Å². The number of rotatable bonds is 6. The van der Waals surface area contributed by atoms with Gasteiger partial charge in [-0.05, 0) is 122 Å². The van der Waals surface area contributed by atoms with Crippen LogP contribution in [0.2, 0.25) is 0 Å². The zero-order valence-electron chi connectivity index (χ0n) is 32.4. The number of nitrogens with zero attached hydrogens (tertiary/aromatic N) is 2. The first-order valence-electron chi connectivity index (χ1n) is 19.7. The fourth-order valence-electron chi connectivity index (χ4n) is 9.20. The van der Waals surface area contributed by atoms with Gasteiger partial charge in [-0.25, -0.2) is 0 Å². The standard InChI is InChI=1S/C54H44N2/c1-53(2)47-21-13-14-22-51(47)56(43-28-27-39-15-11-12-16-40(39)35-43)52-32-26-38(34-50(52)53)24-23-37-25-30-45-46-31-29-44(36-49(46)54(3,4)48(45)33-37)55(41-17-7-5-8-18-41)42-19-9-6-10-20-42/h5-36H,1-4H3/b24-23+. The van der Waals surface area contributed by atoms with Gasteiger partial charge in [0.1, 0.15) is 0 Å². The average molecular weight is 721 g/mol. The molecule has 8 aromatic carbocycles. The van der Waals surface area contributed by atoms with Crippen molar-refractivity contribution in [2.45, 2.75) is 38.5 Å². The number of para-hydroxylation sites is 3. The van der Waals surface area contributed by atoms with Crippen molar-refractivity contribution in [2.75, 3.05) is 9.80 Å². The van der Waals surface area contributed by atoms with Gasteiger partial charge in [0.25, 0.3) is 0 Å². The van der Waals surface area contributed by atoms with Gasteiger partial charge >= 0.3 is 0 Å². The lowest BCUT2D eigenvalue weighted by atomic mass is 9.73. The third kappa shape index (κ3) is 5.47. The first-order chi connectivity index (χ1) is 27.3. The molecular weight excluding hydrogens is 677 g/mol. The summed E-state index contributed by atoms with van der Waals surface area (Å²) < 4.78 is 0. The van der Waals surface area contributed by atoms with Gasteiger partial charge in [0.05, 0.1) is 11.4 Å². The van der Waals surface area contributed by atoms with Crippen molar-refractivity contribution < 1.29 is 0 Å². The molecule has 0 fully saturated rings. The second kappa shape index (κ2) is 13.0. The zero-order valence-corrected chi connectivity index (χ0v) is 32.4. The van der Waals surface area contributed by atoms with Crippen LogP contribution in [0.4, 0.5) is 34.1 Å². The fraction of sp³-hybridized carbons (Fsp3) is 0.111. The van der Waals surface area contributed by atoms with Crippen molar-refractivity contribution in [1.82, 2.24) is 0 Å². The third-order valence-electron chi connectivity index (χ3n) is 12.2. The molecule has 8 aromatic rings. The Kier molecular flexibility index (Phi) is 7.87. The van der Waals surface area contributed by atoms with E-state index in [2.05, 4.69) is 232 Å². The van der Waals surface area contributed by atoms with Crippen LogP contribution in [-0.4, -0.2) is 0 Å². The highest BCUT2D eigenvalue weighted by Gasteiger charge is 2.38. The number of hydrogen-bond acceptors (Lipinski definition) is 2. The van der Waals surface area contributed by atoms with E-state index in [0.717, 1.165) is 11.4 Å². The van der Waals surface area contributed by atoms with Gasteiger partial charge in [0.15, 0.2) is 0 Å². The van der Waals surface area contributed by atoms with E-state index < -0.39 is 0 Å². The number of anilines is 6. The summed E-state index contributed by atoms with van der Waals surface area (Å²) in [5, 5.41) is 2.50. The molecule has 10 rings (SSSR count). The maximum absolute atomic E-state index is 2.44. The SMILES string of the molecule is CC1(C)c2cc(/C=C/c3ccc4c(c3)C(C)(C)c3ccccc3N4c3ccc4ccccc4c3)ccc2-c2ccc(N(c3ccccc3)c3ccccc3)cc21. The van der Waals surface area contributed by atoms with Crippen molar-refractivity contribution in [3.63, 3.8) is 0 Å². The van der Waals surface area contributed by atoms with E-state index in [9.17, 15) is 0 Å². The van der Waals surface area contributed by atoms with Gasteiger partial charge in [-0.15, -0.1) is 0 Å². The lowest BCUT2D eigenvalue weighted by Crippen LogP contribution is -2.30. The summed E-state index contributed by atoms with van der Waals surface area (Å²) in [6, 6.07) is 66.6. The lowest BCUT2D eigenvalue weighted by Gasteiger charge is -2.42. The third-order valence-corrected chi connectivity index (χ3v) is 12.2. The van der Waals surface area contributed by atoms with E-state index in [1.807, 2.05) is 0 Å². The van der Waals surface area contributed by atoms with Crippen LogP contribution in [0.1, 0.15) is 61.1 Å². The van der Waals surface area contributed by atoms with E-state index in [1.54, 1.807) is 0 Å². The van der Waals surface area contributed by atoms with E-state index >= 15 is 0 Å². The predicted octanol–water partition coefficient (Wildman–Crippen LogP) is 14.9. The molecule has 2 aliphatic rings. The Labute approximate surface area is 330 Å². The summed E-state index contributed by atoms with van der Waals surface area (Å²) >= 11 is 0. The molecule has 2 heteroatoms. The van der Waals surface area contributed by atoms with Gasteiger partial charge in [-0.3, -0.25) is 0 Å². The molecule has 2 nitrogen and oxygen atoms in total. The highest BCUT2D eigenvalue weighted by molar-refractivity contribution is 5.93. The van der Waals surface area contributed by atoms with Crippen LogP contribution in [0.5, 0.6) is 0 Å². The maximum atomic E-state index is 2.44. The maximum Gasteiger partial charge on any atom is 0.0503 e. The molecule has 0 spiro atoms. The Morgan fingerprint density at radius 1 is 0.393 bits per heavy atom. The van der Waals surface area contributed by atoms with Gasteiger partial charge in [-0.1, -0.05) is 155 Å². The molecule has 56 heavy (non-hydrogen) atoms. The van der Waals surface area contributed by atoms with Crippen LogP contribution in [0.3, 0.4) is 0 Å². The van der Waals surface area contributed by atoms with Crippen LogP contribution in [-0.2, 0) is 10.8 Å². The molecule has 0 radical (unpaired) electrons. The molecule has 1 aliphatic heterocycles. The highest BCUT2D eigenvalue weighted by atomic mass is 15.2. The Balaban J connectivity index is 0.990. The summed E-state index contributed by atoms with van der Waals surface area (Å²) in [6.07, 6.45) is 4.56. The summed E-state index contributed by atoms with van der Waals surface area (Å²) in [6.45, 7) is 9.46. The Morgan fingerprint density at radius 2 is 0.929 bits per heavy atom. The summed E-state index contributed by atoms with van der Waals surface area (Å²) in [5.41, 5.74) is 17.2. The minimum absolute atomic E-state index is 0.154. The van der Waals surface area contributed by atoms with Crippen LogP contribution in [0, 0.1) is 0 Å². The van der Waals surface area contributed by atoms with Gasteiger partial charge in [-0.2, -0.15) is 0 Å². The van der Waals surface area contributed by atoms with Crippen molar-refractivity contribution in [3.8, 4) is 11.1 Å². The quantitative estimate of drug-likeness (QED) is 0.158. The van der Waals surface area contributed by atoms with Crippen molar-refractivity contribution in [1.29, 1.82) is 0 Å². The fourth-order valence-corrected chi connectivity index (χ4v) is 9.20. The van der Waals surface area contributed by atoms with Crippen LogP contribution in [0.25, 0.3) is 34.1 Å². The van der Waals surface area contributed by atoms with Crippen molar-refractivity contribution in [2.24, 2.45) is 0 Å². The molecule has 0 saturated carbocycles. The Morgan fingerprint density at radius 3 is 1.64 bits per heavy atom. The second-order valence-electron chi connectivity index (χ2n) is 16.3. The van der Waals surface area contributed by atoms with Gasteiger partial charge < -0.3 is 9.80 Å². The molecule has 1 aliphatic carbocycles. The highest BCUT2D eigenvalue weighted by Crippen LogP contribution is 2.53. The normalized spacial score (nSPS) is 14.6. The van der Waals surface area contributed by atoms with Gasteiger partial charge in [0.2, 0.25) is 0 Å². The number of fused-ring (bicyclic) bond motifs is 6. The van der Waals surface area contributed by atoms with E-state index in [0.29, 0.717) is 0 Å². The monoisotopic (exact) mass is 720 g/mol. The lowest BCUT2D eigenvalue weighted by molar-refractivity contribution is 0.632. The first kappa shape index (κ1) is 33.9. The Bertz CT molecular complexity index is 2770. The Hall–Kier alpha value is -6.64. The molecule has 0 unspecified atom stereocenters. The summed E-state index contributed by atoms with van der Waals surface area (Å²) in [4.78, 5) is 4.80.